The van der Waals surface area contributed by atoms with Crippen molar-refractivity contribution in [3.05, 3.63) is 46.9 Å². The number of carboxylic acid groups (broad SMARTS) is 1. The zero-order valence-electron chi connectivity index (χ0n) is 15.1. The normalized spacial score (nSPS) is 10.4. The van der Waals surface area contributed by atoms with E-state index in [0.29, 0.717) is 35.2 Å². The van der Waals surface area contributed by atoms with E-state index in [1.807, 2.05) is 0 Å². The molecule has 0 radical (unpaired) electrons. The fourth-order valence-corrected chi connectivity index (χ4v) is 2.37. The summed E-state index contributed by atoms with van der Waals surface area (Å²) in [5.74, 6) is 0.360. The molecule has 0 atom stereocenters. The van der Waals surface area contributed by atoms with Gasteiger partial charge in [0.15, 0.2) is 11.5 Å². The summed E-state index contributed by atoms with van der Waals surface area (Å²) in [6.07, 6.45) is 1.96. The standard InChI is InChI=1S/C19H23NO6/c1-4-5-8-25-16-7-6-13(9-17(16)24-3)18(21)20-11-14-10-15(19(22)23)12(2)26-14/h6-7,9-10H,4-5,8,11H2,1-3H3,(H,20,21)(H,22,23). The van der Waals surface area contributed by atoms with Gasteiger partial charge in [-0.05, 0) is 37.6 Å². The maximum absolute atomic E-state index is 12.3. The van der Waals surface area contributed by atoms with Crippen LogP contribution in [0, 0.1) is 6.92 Å². The molecule has 0 aliphatic rings. The first-order valence-electron chi connectivity index (χ1n) is 8.37. The molecule has 0 aliphatic heterocycles. The molecule has 2 aromatic rings. The highest BCUT2D eigenvalue weighted by molar-refractivity contribution is 5.95. The van der Waals surface area contributed by atoms with Crippen molar-refractivity contribution in [2.75, 3.05) is 13.7 Å². The van der Waals surface area contributed by atoms with Crippen LogP contribution in [-0.4, -0.2) is 30.7 Å². The van der Waals surface area contributed by atoms with Crippen molar-refractivity contribution in [2.24, 2.45) is 0 Å². The lowest BCUT2D eigenvalue weighted by Gasteiger charge is -2.12. The van der Waals surface area contributed by atoms with Crippen LogP contribution in [0.4, 0.5) is 0 Å². The second kappa shape index (κ2) is 8.94. The fourth-order valence-electron chi connectivity index (χ4n) is 2.37. The fraction of sp³-hybridized carbons (Fsp3) is 0.368. The minimum absolute atomic E-state index is 0.0873. The number of rotatable bonds is 9. The summed E-state index contributed by atoms with van der Waals surface area (Å²) in [4.78, 5) is 23.3. The lowest BCUT2D eigenvalue weighted by atomic mass is 10.2. The number of furan rings is 1. The van der Waals surface area contributed by atoms with Gasteiger partial charge >= 0.3 is 5.97 Å². The van der Waals surface area contributed by atoms with Gasteiger partial charge in [0.25, 0.3) is 5.91 Å². The van der Waals surface area contributed by atoms with Crippen LogP contribution in [0.2, 0.25) is 0 Å². The predicted molar refractivity (Wildman–Crippen MR) is 95.0 cm³/mol. The van der Waals surface area contributed by atoms with E-state index >= 15 is 0 Å². The number of carbonyl (C=O) groups is 2. The van der Waals surface area contributed by atoms with Crippen molar-refractivity contribution in [1.82, 2.24) is 5.32 Å². The SMILES string of the molecule is CCCCOc1ccc(C(=O)NCc2cc(C(=O)O)c(C)o2)cc1OC. The molecule has 0 saturated carbocycles. The summed E-state index contributed by atoms with van der Waals surface area (Å²) in [7, 11) is 1.52. The van der Waals surface area contributed by atoms with Crippen molar-refractivity contribution in [3.63, 3.8) is 0 Å². The molecular weight excluding hydrogens is 338 g/mol. The van der Waals surface area contributed by atoms with Gasteiger partial charge in [0.1, 0.15) is 17.1 Å². The molecule has 1 aromatic heterocycles. The zero-order chi connectivity index (χ0) is 19.1. The van der Waals surface area contributed by atoms with Crippen LogP contribution < -0.4 is 14.8 Å². The van der Waals surface area contributed by atoms with Gasteiger partial charge in [0, 0.05) is 5.56 Å². The van der Waals surface area contributed by atoms with Crippen molar-refractivity contribution >= 4 is 11.9 Å². The molecule has 0 unspecified atom stereocenters. The van der Waals surface area contributed by atoms with Crippen LogP contribution in [0.5, 0.6) is 11.5 Å². The molecule has 0 saturated heterocycles. The molecule has 7 heteroatoms. The first-order chi connectivity index (χ1) is 12.5. The maximum Gasteiger partial charge on any atom is 0.339 e. The number of hydrogen-bond acceptors (Lipinski definition) is 5. The topological polar surface area (TPSA) is 98.0 Å². The summed E-state index contributed by atoms with van der Waals surface area (Å²) in [6.45, 7) is 4.32. The largest absolute Gasteiger partial charge is 0.493 e. The van der Waals surface area contributed by atoms with E-state index in [2.05, 4.69) is 12.2 Å². The Labute approximate surface area is 151 Å². The van der Waals surface area contributed by atoms with E-state index < -0.39 is 5.97 Å². The number of amides is 1. The monoisotopic (exact) mass is 361 g/mol. The zero-order valence-corrected chi connectivity index (χ0v) is 15.1. The van der Waals surface area contributed by atoms with Crippen LogP contribution in [0.25, 0.3) is 0 Å². The van der Waals surface area contributed by atoms with Crippen LogP contribution >= 0.6 is 0 Å². The number of benzene rings is 1. The molecule has 0 bridgehead atoms. The van der Waals surface area contributed by atoms with Crippen molar-refractivity contribution < 1.29 is 28.6 Å². The maximum atomic E-state index is 12.3. The number of carboxylic acids is 1. The Balaban J connectivity index is 2.02. The van der Waals surface area contributed by atoms with E-state index in [9.17, 15) is 9.59 Å². The highest BCUT2D eigenvalue weighted by Crippen LogP contribution is 2.28. The van der Waals surface area contributed by atoms with Gasteiger partial charge in [-0.3, -0.25) is 4.79 Å². The third-order valence-electron chi connectivity index (χ3n) is 3.80. The van der Waals surface area contributed by atoms with Gasteiger partial charge < -0.3 is 24.3 Å². The summed E-state index contributed by atoms with van der Waals surface area (Å²) in [5, 5.41) is 11.7. The summed E-state index contributed by atoms with van der Waals surface area (Å²) >= 11 is 0. The molecule has 1 heterocycles. The highest BCUT2D eigenvalue weighted by atomic mass is 16.5. The average Bonchev–Trinajstić information content (AvgIpc) is 3.01. The minimum Gasteiger partial charge on any atom is -0.493 e. The Kier molecular flexibility index (Phi) is 6.66. The molecule has 7 nitrogen and oxygen atoms in total. The van der Waals surface area contributed by atoms with Gasteiger partial charge in [0.05, 0.1) is 20.3 Å². The first-order valence-corrected chi connectivity index (χ1v) is 8.37. The third-order valence-corrected chi connectivity index (χ3v) is 3.80. The van der Waals surface area contributed by atoms with Crippen LogP contribution in [0.3, 0.4) is 0 Å². The predicted octanol–water partition coefficient (Wildman–Crippen LogP) is 3.40. The van der Waals surface area contributed by atoms with Crippen molar-refractivity contribution in [2.45, 2.75) is 33.2 Å². The second-order valence-electron chi connectivity index (χ2n) is 5.74. The number of unbranched alkanes of at least 4 members (excludes halogenated alkanes) is 1. The lowest BCUT2D eigenvalue weighted by molar-refractivity contribution is 0.0694. The van der Waals surface area contributed by atoms with E-state index in [1.165, 1.54) is 13.2 Å². The van der Waals surface area contributed by atoms with Crippen molar-refractivity contribution in [1.29, 1.82) is 0 Å². The number of aryl methyl sites for hydroxylation is 1. The number of hydrogen-bond donors (Lipinski definition) is 2. The van der Waals surface area contributed by atoms with E-state index in [-0.39, 0.29) is 18.0 Å². The second-order valence-corrected chi connectivity index (χ2v) is 5.74. The smallest absolute Gasteiger partial charge is 0.339 e. The molecule has 2 rings (SSSR count). The Hall–Kier alpha value is -2.96. The van der Waals surface area contributed by atoms with Crippen LogP contribution in [-0.2, 0) is 6.54 Å². The number of methoxy groups -OCH3 is 1. The number of ether oxygens (including phenoxy) is 2. The summed E-state index contributed by atoms with van der Waals surface area (Å²) < 4.78 is 16.3. The molecule has 1 aromatic carbocycles. The van der Waals surface area contributed by atoms with Crippen LogP contribution in [0.15, 0.2) is 28.7 Å². The molecule has 140 valence electrons. The van der Waals surface area contributed by atoms with Gasteiger partial charge in [-0.25, -0.2) is 4.79 Å². The quantitative estimate of drug-likeness (QED) is 0.664. The Bertz CT molecular complexity index is 780. The molecule has 2 N–H and O–H groups in total. The lowest BCUT2D eigenvalue weighted by Crippen LogP contribution is -2.22. The first kappa shape index (κ1) is 19.4. The van der Waals surface area contributed by atoms with E-state index in [4.69, 9.17) is 19.0 Å². The highest BCUT2D eigenvalue weighted by Gasteiger charge is 2.15. The van der Waals surface area contributed by atoms with Crippen LogP contribution in [0.1, 0.15) is 52.0 Å². The minimum atomic E-state index is -1.06. The van der Waals surface area contributed by atoms with E-state index in [0.717, 1.165) is 12.8 Å². The van der Waals surface area contributed by atoms with Gasteiger partial charge in [-0.1, -0.05) is 13.3 Å². The Morgan fingerprint density at radius 1 is 1.23 bits per heavy atom. The van der Waals surface area contributed by atoms with Gasteiger partial charge in [0.2, 0.25) is 0 Å². The number of aromatic carboxylic acids is 1. The van der Waals surface area contributed by atoms with Crippen molar-refractivity contribution in [3.8, 4) is 11.5 Å². The van der Waals surface area contributed by atoms with Gasteiger partial charge in [-0.15, -0.1) is 0 Å². The Morgan fingerprint density at radius 2 is 2.00 bits per heavy atom. The molecule has 1 amide bonds. The average molecular weight is 361 g/mol. The molecule has 26 heavy (non-hydrogen) atoms. The van der Waals surface area contributed by atoms with E-state index in [1.54, 1.807) is 25.1 Å². The molecular formula is C19H23NO6. The summed E-state index contributed by atoms with van der Waals surface area (Å²) in [5.41, 5.74) is 0.496. The van der Waals surface area contributed by atoms with Gasteiger partial charge in [-0.2, -0.15) is 0 Å². The number of carbonyl (C=O) groups excluding carboxylic acids is 1. The molecule has 0 spiro atoms. The Morgan fingerprint density at radius 3 is 2.62 bits per heavy atom. The third kappa shape index (κ3) is 4.78. The number of nitrogens with one attached hydrogen (secondary N) is 1. The summed E-state index contributed by atoms with van der Waals surface area (Å²) in [6, 6.07) is 6.36. The molecule has 0 fully saturated rings. The molecule has 0 aliphatic carbocycles.